The summed E-state index contributed by atoms with van der Waals surface area (Å²) in [7, 11) is 0. The minimum Gasteiger partial charge on any atom is -0.323 e. The second kappa shape index (κ2) is 5.63. The molecule has 0 aliphatic heterocycles. The number of nitrogens with two attached hydrogens (primary N) is 1. The van der Waals surface area contributed by atoms with Gasteiger partial charge in [-0.15, -0.1) is 0 Å². The second-order valence-electron chi connectivity index (χ2n) is 4.91. The molecule has 1 aromatic rings. The van der Waals surface area contributed by atoms with E-state index in [1.54, 1.807) is 0 Å². The average molecular weight is 299 g/mol. The Balaban J connectivity index is 3.10. The van der Waals surface area contributed by atoms with Gasteiger partial charge >= 0.3 is 12.4 Å². The van der Waals surface area contributed by atoms with Crippen LogP contribution in [0.1, 0.15) is 36.9 Å². The first-order valence-corrected chi connectivity index (χ1v) is 5.93. The van der Waals surface area contributed by atoms with Crippen molar-refractivity contribution in [2.45, 2.75) is 38.2 Å². The second-order valence-corrected chi connectivity index (χ2v) is 4.91. The fraction of sp³-hybridized carbons (Fsp3) is 0.538. The molecule has 1 unspecified atom stereocenters. The lowest BCUT2D eigenvalue weighted by atomic mass is 9.91. The van der Waals surface area contributed by atoms with Gasteiger partial charge in [-0.3, -0.25) is 0 Å². The van der Waals surface area contributed by atoms with Crippen molar-refractivity contribution in [2.24, 2.45) is 11.7 Å². The van der Waals surface area contributed by atoms with Crippen molar-refractivity contribution in [3.05, 3.63) is 35.4 Å². The van der Waals surface area contributed by atoms with Crippen molar-refractivity contribution in [1.29, 1.82) is 0 Å². The normalized spacial score (nSPS) is 14.9. The summed E-state index contributed by atoms with van der Waals surface area (Å²) in [5, 5.41) is 0. The zero-order valence-corrected chi connectivity index (χ0v) is 10.9. The molecule has 0 heterocycles. The van der Waals surface area contributed by atoms with Crippen LogP contribution in [-0.2, 0) is 0 Å². The van der Waals surface area contributed by atoms with E-state index in [0.717, 1.165) is 5.56 Å². The number of benzene rings is 1. The Morgan fingerprint density at radius 2 is 1.15 bits per heavy atom. The largest absolute Gasteiger partial charge is 0.402 e. The monoisotopic (exact) mass is 299 g/mol. The van der Waals surface area contributed by atoms with Gasteiger partial charge in [-0.2, -0.15) is 26.3 Å². The predicted octanol–water partition coefficient (Wildman–Crippen LogP) is 4.55. The summed E-state index contributed by atoms with van der Waals surface area (Å²) in [5.41, 5.74) is 5.83. The van der Waals surface area contributed by atoms with Gasteiger partial charge in [0, 0.05) is 0 Å². The highest BCUT2D eigenvalue weighted by molar-refractivity contribution is 5.27. The summed E-state index contributed by atoms with van der Waals surface area (Å²) < 4.78 is 75.4. The van der Waals surface area contributed by atoms with Gasteiger partial charge in [0.25, 0.3) is 0 Å². The third-order valence-electron chi connectivity index (χ3n) is 3.05. The molecular weight excluding hydrogens is 284 g/mol. The highest BCUT2D eigenvalue weighted by Crippen LogP contribution is 2.45. The van der Waals surface area contributed by atoms with Gasteiger partial charge < -0.3 is 5.73 Å². The summed E-state index contributed by atoms with van der Waals surface area (Å²) in [5.74, 6) is -3.44. The van der Waals surface area contributed by atoms with Gasteiger partial charge in [-0.25, -0.2) is 0 Å². The lowest BCUT2D eigenvalue weighted by Crippen LogP contribution is -2.43. The number of hydrogen-bond acceptors (Lipinski definition) is 1. The molecule has 0 bridgehead atoms. The molecule has 7 heteroatoms. The van der Waals surface area contributed by atoms with Gasteiger partial charge in [0.15, 0.2) is 5.92 Å². The molecule has 0 saturated heterocycles. The zero-order chi connectivity index (χ0) is 15.7. The van der Waals surface area contributed by atoms with Gasteiger partial charge in [0.05, 0.1) is 6.04 Å². The van der Waals surface area contributed by atoms with Crippen LogP contribution in [0.3, 0.4) is 0 Å². The van der Waals surface area contributed by atoms with Crippen LogP contribution in [0.5, 0.6) is 0 Å². The highest BCUT2D eigenvalue weighted by Gasteiger charge is 2.59. The van der Waals surface area contributed by atoms with E-state index in [1.807, 2.05) is 13.8 Å². The lowest BCUT2D eigenvalue weighted by Gasteiger charge is -2.28. The summed E-state index contributed by atoms with van der Waals surface area (Å²) >= 11 is 0. The minimum atomic E-state index is -5.44. The topological polar surface area (TPSA) is 26.0 Å². The lowest BCUT2D eigenvalue weighted by molar-refractivity contribution is -0.290. The van der Waals surface area contributed by atoms with Crippen LogP contribution in [0.15, 0.2) is 24.3 Å². The zero-order valence-electron chi connectivity index (χ0n) is 10.9. The molecular formula is C13H15F6N. The van der Waals surface area contributed by atoms with Gasteiger partial charge in [0.2, 0.25) is 0 Å². The van der Waals surface area contributed by atoms with Crippen LogP contribution in [-0.4, -0.2) is 12.4 Å². The highest BCUT2D eigenvalue weighted by atomic mass is 19.4. The molecule has 1 atom stereocenters. The Hall–Kier alpha value is -1.24. The molecule has 0 spiro atoms. The molecule has 1 aromatic carbocycles. The van der Waals surface area contributed by atoms with Gasteiger partial charge in [0.1, 0.15) is 0 Å². The van der Waals surface area contributed by atoms with Gasteiger partial charge in [-0.05, 0) is 17.0 Å². The van der Waals surface area contributed by atoms with Crippen molar-refractivity contribution in [3.8, 4) is 0 Å². The first-order valence-electron chi connectivity index (χ1n) is 5.93. The molecule has 0 amide bonds. The van der Waals surface area contributed by atoms with Crippen LogP contribution >= 0.6 is 0 Å². The van der Waals surface area contributed by atoms with Gasteiger partial charge in [-0.1, -0.05) is 38.1 Å². The smallest absolute Gasteiger partial charge is 0.323 e. The Morgan fingerprint density at radius 1 is 0.800 bits per heavy atom. The molecule has 0 aliphatic rings. The fourth-order valence-corrected chi connectivity index (χ4v) is 1.89. The van der Waals surface area contributed by atoms with E-state index in [4.69, 9.17) is 5.73 Å². The van der Waals surface area contributed by atoms with Crippen LogP contribution in [0, 0.1) is 5.92 Å². The van der Waals surface area contributed by atoms with Crippen molar-refractivity contribution in [3.63, 3.8) is 0 Å². The third kappa shape index (κ3) is 3.88. The van der Waals surface area contributed by atoms with E-state index in [1.165, 1.54) is 24.3 Å². The molecule has 1 rings (SSSR count). The quantitative estimate of drug-likeness (QED) is 0.814. The van der Waals surface area contributed by atoms with Crippen molar-refractivity contribution >= 4 is 0 Å². The Labute approximate surface area is 112 Å². The molecule has 0 fully saturated rings. The number of hydrogen-bond donors (Lipinski definition) is 1. The minimum absolute atomic E-state index is 0.126. The molecule has 0 aliphatic carbocycles. The molecule has 0 aromatic heterocycles. The standard InChI is InChI=1S/C13H15F6N/c1-7(2)8-3-5-9(6-4-8)10(20)11(12(14,15)16)13(17,18)19/h3-7,10-11H,20H2,1-2H3. The van der Waals surface area contributed by atoms with Crippen LogP contribution in [0.4, 0.5) is 26.3 Å². The Morgan fingerprint density at radius 3 is 1.45 bits per heavy atom. The molecule has 1 nitrogen and oxygen atoms in total. The summed E-state index contributed by atoms with van der Waals surface area (Å²) in [6.45, 7) is 3.73. The maximum Gasteiger partial charge on any atom is 0.402 e. The third-order valence-corrected chi connectivity index (χ3v) is 3.05. The number of alkyl halides is 6. The Kier molecular flexibility index (Phi) is 4.74. The van der Waals surface area contributed by atoms with E-state index in [2.05, 4.69) is 0 Å². The fourth-order valence-electron chi connectivity index (χ4n) is 1.89. The van der Waals surface area contributed by atoms with E-state index >= 15 is 0 Å². The molecule has 20 heavy (non-hydrogen) atoms. The van der Waals surface area contributed by atoms with Crippen molar-refractivity contribution < 1.29 is 26.3 Å². The van der Waals surface area contributed by atoms with Crippen molar-refractivity contribution in [1.82, 2.24) is 0 Å². The molecule has 0 saturated carbocycles. The summed E-state index contributed by atoms with van der Waals surface area (Å²) in [4.78, 5) is 0. The molecule has 114 valence electrons. The maximum atomic E-state index is 12.6. The number of halogens is 6. The first kappa shape index (κ1) is 16.8. The van der Waals surface area contributed by atoms with Crippen LogP contribution < -0.4 is 5.73 Å². The SMILES string of the molecule is CC(C)c1ccc(C(N)C(C(F)(F)F)C(F)(F)F)cc1. The van der Waals surface area contributed by atoms with Crippen LogP contribution in [0.25, 0.3) is 0 Å². The average Bonchev–Trinajstić information content (AvgIpc) is 2.25. The predicted molar refractivity (Wildman–Crippen MR) is 63.1 cm³/mol. The van der Waals surface area contributed by atoms with Crippen LogP contribution in [0.2, 0.25) is 0 Å². The maximum absolute atomic E-state index is 12.6. The van der Waals surface area contributed by atoms with E-state index < -0.39 is 24.3 Å². The summed E-state index contributed by atoms with van der Waals surface area (Å²) in [6, 6.07) is 3.23. The molecule has 2 N–H and O–H groups in total. The summed E-state index contributed by atoms with van der Waals surface area (Å²) in [6.07, 6.45) is -10.9. The van der Waals surface area contributed by atoms with E-state index in [-0.39, 0.29) is 11.5 Å². The Bertz CT molecular complexity index is 418. The van der Waals surface area contributed by atoms with E-state index in [0.29, 0.717) is 0 Å². The first-order chi connectivity index (χ1) is 8.94. The molecule has 0 radical (unpaired) electrons. The van der Waals surface area contributed by atoms with Crippen molar-refractivity contribution in [2.75, 3.05) is 0 Å². The van der Waals surface area contributed by atoms with E-state index in [9.17, 15) is 26.3 Å². The number of rotatable bonds is 3.